The highest BCUT2D eigenvalue weighted by Crippen LogP contribution is 2.34. The molecule has 23 heavy (non-hydrogen) atoms. The summed E-state index contributed by atoms with van der Waals surface area (Å²) in [7, 11) is 0. The Kier molecular flexibility index (Phi) is 7.59. The van der Waals surface area contributed by atoms with Crippen LogP contribution < -0.4 is 0 Å². The molecule has 1 aromatic carbocycles. The molecule has 0 saturated carbocycles. The fourth-order valence-electron chi connectivity index (χ4n) is 2.80. The van der Waals surface area contributed by atoms with E-state index in [0.717, 1.165) is 37.8 Å². The first-order valence-corrected chi connectivity index (χ1v) is 8.24. The molecular weight excluding hydrogens is 305 g/mol. The Labute approximate surface area is 135 Å². The zero-order valence-corrected chi connectivity index (χ0v) is 13.7. The van der Waals surface area contributed by atoms with Crippen LogP contribution >= 0.6 is 0 Å². The fourth-order valence-corrected chi connectivity index (χ4v) is 2.80. The minimum atomic E-state index is -4.40. The first kappa shape index (κ1) is 19.5. The Morgan fingerprint density at radius 1 is 1.13 bits per heavy atom. The van der Waals surface area contributed by atoms with Crippen molar-refractivity contribution in [2.45, 2.75) is 70.9 Å². The number of benzene rings is 1. The van der Waals surface area contributed by atoms with Crippen molar-refractivity contribution in [3.8, 4) is 0 Å². The molecule has 2 nitrogen and oxygen atoms in total. The maximum absolute atomic E-state index is 12.9. The highest BCUT2D eigenvalue weighted by Gasteiger charge is 2.32. The molecule has 0 amide bonds. The number of rotatable bonds is 9. The molecule has 0 saturated heterocycles. The van der Waals surface area contributed by atoms with Gasteiger partial charge in [0.2, 0.25) is 0 Å². The number of halogens is 3. The molecule has 5 heteroatoms. The van der Waals surface area contributed by atoms with Gasteiger partial charge in [0, 0.05) is 0 Å². The van der Waals surface area contributed by atoms with Gasteiger partial charge in [0.15, 0.2) is 0 Å². The third kappa shape index (κ3) is 5.88. The Morgan fingerprint density at radius 3 is 2.35 bits per heavy atom. The number of carboxylic acid groups (broad SMARTS) is 1. The van der Waals surface area contributed by atoms with Crippen molar-refractivity contribution in [1.82, 2.24) is 0 Å². The van der Waals surface area contributed by atoms with Gasteiger partial charge in [-0.15, -0.1) is 0 Å². The second-order valence-electron chi connectivity index (χ2n) is 5.90. The first-order valence-electron chi connectivity index (χ1n) is 8.24. The summed E-state index contributed by atoms with van der Waals surface area (Å²) in [5.41, 5.74) is 0.328. The molecule has 1 N–H and O–H groups in total. The summed E-state index contributed by atoms with van der Waals surface area (Å²) in [6, 6.07) is 3.46. The van der Waals surface area contributed by atoms with E-state index in [1.54, 1.807) is 0 Å². The summed E-state index contributed by atoms with van der Waals surface area (Å²) in [5.74, 6) is -1.69. The predicted octanol–water partition coefficient (Wildman–Crippen LogP) is 5.80. The van der Waals surface area contributed by atoms with E-state index in [-0.39, 0.29) is 0 Å². The molecule has 0 radical (unpaired) electrons. The predicted molar refractivity (Wildman–Crippen MR) is 84.6 cm³/mol. The van der Waals surface area contributed by atoms with Crippen LogP contribution in [0.2, 0.25) is 0 Å². The molecule has 1 rings (SSSR count). The van der Waals surface area contributed by atoms with E-state index in [1.165, 1.54) is 6.07 Å². The second-order valence-corrected chi connectivity index (χ2v) is 5.90. The summed E-state index contributed by atoms with van der Waals surface area (Å²) in [5, 5.41) is 9.48. The molecule has 1 atom stereocenters. The number of unbranched alkanes of at least 4 members (excludes halogenated alkanes) is 3. The Balaban J connectivity index is 3.07. The van der Waals surface area contributed by atoms with Gasteiger partial charge in [-0.05, 0) is 36.1 Å². The number of hydrogen-bond donors (Lipinski definition) is 1. The standard InChI is InChI=1S/C18H25F3O2/c1-3-5-6-7-9-16(17(22)23)15-11-10-14(18(19,20)21)12-13(15)8-4-2/h10-12,16H,3-9H2,1-2H3,(H,22,23). The average molecular weight is 330 g/mol. The van der Waals surface area contributed by atoms with Crippen LogP contribution in [0.15, 0.2) is 18.2 Å². The first-order chi connectivity index (χ1) is 10.8. The normalized spacial score (nSPS) is 13.1. The highest BCUT2D eigenvalue weighted by atomic mass is 19.4. The number of hydrogen-bond acceptors (Lipinski definition) is 1. The Hall–Kier alpha value is -1.52. The molecule has 0 aliphatic rings. The number of alkyl halides is 3. The van der Waals surface area contributed by atoms with Crippen LogP contribution in [0.1, 0.15) is 75.0 Å². The van der Waals surface area contributed by atoms with E-state index in [9.17, 15) is 23.1 Å². The number of carbonyl (C=O) groups is 1. The van der Waals surface area contributed by atoms with E-state index < -0.39 is 23.6 Å². The largest absolute Gasteiger partial charge is 0.481 e. The maximum Gasteiger partial charge on any atom is 0.416 e. The minimum absolute atomic E-state index is 0.456. The second kappa shape index (κ2) is 8.94. The van der Waals surface area contributed by atoms with Gasteiger partial charge < -0.3 is 5.11 Å². The molecule has 130 valence electrons. The fraction of sp³-hybridized carbons (Fsp3) is 0.611. The molecule has 1 aromatic rings. The van der Waals surface area contributed by atoms with E-state index in [1.807, 2.05) is 6.92 Å². The highest BCUT2D eigenvalue weighted by molar-refractivity contribution is 5.76. The third-order valence-electron chi connectivity index (χ3n) is 4.01. The molecule has 0 aliphatic heterocycles. The molecule has 0 spiro atoms. The van der Waals surface area contributed by atoms with Gasteiger partial charge in [0.25, 0.3) is 0 Å². The lowest BCUT2D eigenvalue weighted by molar-refractivity contribution is -0.139. The van der Waals surface area contributed by atoms with E-state index in [0.29, 0.717) is 30.4 Å². The van der Waals surface area contributed by atoms with Crippen LogP contribution in [0.25, 0.3) is 0 Å². The Bertz CT molecular complexity index is 509. The van der Waals surface area contributed by atoms with Gasteiger partial charge in [0.1, 0.15) is 0 Å². The zero-order valence-electron chi connectivity index (χ0n) is 13.7. The van der Waals surface area contributed by atoms with Crippen LogP contribution in [-0.2, 0) is 17.4 Å². The topological polar surface area (TPSA) is 37.3 Å². The lowest BCUT2D eigenvalue weighted by atomic mass is 9.87. The van der Waals surface area contributed by atoms with Gasteiger partial charge in [-0.25, -0.2) is 0 Å². The van der Waals surface area contributed by atoms with Gasteiger partial charge in [-0.1, -0.05) is 52.0 Å². The quantitative estimate of drug-likeness (QED) is 0.581. The SMILES string of the molecule is CCCCCCC(C(=O)O)c1ccc(C(F)(F)F)cc1CCC. The van der Waals surface area contributed by atoms with Crippen molar-refractivity contribution in [2.24, 2.45) is 0 Å². The molecule has 0 bridgehead atoms. The summed E-state index contributed by atoms with van der Waals surface area (Å²) in [6.45, 7) is 3.95. The lowest BCUT2D eigenvalue weighted by Gasteiger charge is -2.19. The summed E-state index contributed by atoms with van der Waals surface area (Å²) < 4.78 is 38.6. The molecule has 0 fully saturated rings. The molecule has 0 aromatic heterocycles. The molecule has 1 unspecified atom stereocenters. The molecule has 0 heterocycles. The lowest BCUT2D eigenvalue weighted by Crippen LogP contribution is -2.15. The van der Waals surface area contributed by atoms with Gasteiger partial charge in [0.05, 0.1) is 11.5 Å². The van der Waals surface area contributed by atoms with Crippen molar-refractivity contribution < 1.29 is 23.1 Å². The number of aliphatic carboxylic acids is 1. The summed E-state index contributed by atoms with van der Waals surface area (Å²) >= 11 is 0. The zero-order chi connectivity index (χ0) is 17.5. The smallest absolute Gasteiger partial charge is 0.416 e. The van der Waals surface area contributed by atoms with Crippen molar-refractivity contribution in [1.29, 1.82) is 0 Å². The molecule has 0 aliphatic carbocycles. The minimum Gasteiger partial charge on any atom is -0.481 e. The van der Waals surface area contributed by atoms with Crippen LogP contribution in [0, 0.1) is 0 Å². The van der Waals surface area contributed by atoms with Crippen molar-refractivity contribution in [3.63, 3.8) is 0 Å². The van der Waals surface area contributed by atoms with Crippen LogP contribution in [0.4, 0.5) is 13.2 Å². The maximum atomic E-state index is 12.9. The van der Waals surface area contributed by atoms with Gasteiger partial charge in [-0.2, -0.15) is 13.2 Å². The van der Waals surface area contributed by atoms with E-state index in [2.05, 4.69) is 6.92 Å². The van der Waals surface area contributed by atoms with Crippen molar-refractivity contribution >= 4 is 5.97 Å². The number of carboxylic acids is 1. The van der Waals surface area contributed by atoms with Crippen LogP contribution in [0.3, 0.4) is 0 Å². The van der Waals surface area contributed by atoms with Crippen LogP contribution in [0.5, 0.6) is 0 Å². The molecular formula is C18H25F3O2. The summed E-state index contributed by atoms with van der Waals surface area (Å²) in [4.78, 5) is 11.6. The average Bonchev–Trinajstić information content (AvgIpc) is 2.47. The van der Waals surface area contributed by atoms with E-state index >= 15 is 0 Å². The number of aryl methyl sites for hydroxylation is 1. The van der Waals surface area contributed by atoms with E-state index in [4.69, 9.17) is 0 Å². The monoisotopic (exact) mass is 330 g/mol. The third-order valence-corrected chi connectivity index (χ3v) is 4.01. The Morgan fingerprint density at radius 2 is 1.83 bits per heavy atom. The van der Waals surface area contributed by atoms with Crippen molar-refractivity contribution in [3.05, 3.63) is 34.9 Å². The van der Waals surface area contributed by atoms with Crippen LogP contribution in [-0.4, -0.2) is 11.1 Å². The van der Waals surface area contributed by atoms with Gasteiger partial charge in [-0.3, -0.25) is 4.79 Å². The van der Waals surface area contributed by atoms with Gasteiger partial charge >= 0.3 is 12.1 Å². The summed E-state index contributed by atoms with van der Waals surface area (Å²) in [6.07, 6.45) is 1.02. The van der Waals surface area contributed by atoms with Crippen molar-refractivity contribution in [2.75, 3.05) is 0 Å².